The Kier molecular flexibility index (Phi) is 5.29. The molecule has 1 unspecified atom stereocenters. The molecule has 0 spiro atoms. The van der Waals surface area contributed by atoms with Crippen LogP contribution in [0.3, 0.4) is 0 Å². The number of carbonyl (C=O) groups excluding carboxylic acids is 3. The van der Waals surface area contributed by atoms with Crippen molar-refractivity contribution in [3.05, 3.63) is 29.1 Å². The summed E-state index contributed by atoms with van der Waals surface area (Å²) in [4.78, 5) is 39.8. The van der Waals surface area contributed by atoms with Crippen molar-refractivity contribution in [3.63, 3.8) is 0 Å². The largest absolute Gasteiger partial charge is 0.368 e. The van der Waals surface area contributed by atoms with E-state index >= 15 is 4.39 Å². The van der Waals surface area contributed by atoms with Gasteiger partial charge >= 0.3 is 0 Å². The first-order valence-corrected chi connectivity index (χ1v) is 10.3. The summed E-state index contributed by atoms with van der Waals surface area (Å²) in [7, 11) is 3.84. The second-order valence-electron chi connectivity index (χ2n) is 8.18. The maximum Gasteiger partial charge on any atom is 0.255 e. The number of nitrogens with one attached hydrogen (secondary N) is 2. The van der Waals surface area contributed by atoms with Gasteiger partial charge in [0, 0.05) is 36.7 Å². The molecule has 1 aromatic rings. The molecule has 2 N–H and O–H groups in total. The Labute approximate surface area is 169 Å². The van der Waals surface area contributed by atoms with E-state index in [4.69, 9.17) is 0 Å². The molecule has 2 aliphatic heterocycles. The number of imide groups is 1. The molecule has 4 rings (SSSR count). The molecule has 0 aromatic heterocycles. The number of anilines is 1. The van der Waals surface area contributed by atoms with Gasteiger partial charge in [-0.2, -0.15) is 0 Å². The fourth-order valence-corrected chi connectivity index (χ4v) is 4.95. The number of amides is 3. The number of hydrogen-bond acceptors (Lipinski definition) is 5. The zero-order valence-corrected chi connectivity index (χ0v) is 16.8. The number of halogens is 1. The van der Waals surface area contributed by atoms with Crippen LogP contribution in [-0.4, -0.2) is 54.8 Å². The number of piperidine rings is 1. The van der Waals surface area contributed by atoms with Crippen molar-refractivity contribution in [2.24, 2.45) is 0 Å². The molecule has 3 atom stereocenters. The van der Waals surface area contributed by atoms with Crippen LogP contribution in [0.5, 0.6) is 0 Å². The van der Waals surface area contributed by atoms with E-state index in [-0.39, 0.29) is 37.2 Å². The number of likely N-dealkylation sites (N-methyl/N-ethyl adjacent to an activating group) is 2. The summed E-state index contributed by atoms with van der Waals surface area (Å²) in [6, 6.07) is 3.07. The van der Waals surface area contributed by atoms with Gasteiger partial charge in [0.05, 0.1) is 12.2 Å². The topological polar surface area (TPSA) is 81.8 Å². The third kappa shape index (κ3) is 3.39. The first kappa shape index (κ1) is 19.8. The lowest BCUT2D eigenvalue weighted by Crippen LogP contribution is -2.52. The van der Waals surface area contributed by atoms with Gasteiger partial charge in [-0.15, -0.1) is 0 Å². The van der Waals surface area contributed by atoms with Crippen molar-refractivity contribution in [3.8, 4) is 0 Å². The SMILES string of the molecule is CN[C@@H]1CCCC[C@H]1N(C)c1ccc2c(c1F)CN(C1CCC(=O)NC1=O)C2=O. The number of rotatable bonds is 4. The summed E-state index contributed by atoms with van der Waals surface area (Å²) in [5, 5.41) is 5.61. The third-order valence-electron chi connectivity index (χ3n) is 6.61. The van der Waals surface area contributed by atoms with Crippen LogP contribution in [0, 0.1) is 5.82 Å². The summed E-state index contributed by atoms with van der Waals surface area (Å²) < 4.78 is 15.5. The molecule has 1 aromatic carbocycles. The van der Waals surface area contributed by atoms with Crippen molar-refractivity contribution in [1.29, 1.82) is 0 Å². The van der Waals surface area contributed by atoms with E-state index in [0.29, 0.717) is 22.9 Å². The highest BCUT2D eigenvalue weighted by molar-refractivity contribution is 6.05. The van der Waals surface area contributed by atoms with E-state index < -0.39 is 17.8 Å². The number of nitrogens with zero attached hydrogens (tertiary/aromatic N) is 2. The lowest BCUT2D eigenvalue weighted by Gasteiger charge is -2.39. The summed E-state index contributed by atoms with van der Waals surface area (Å²) in [5.74, 6) is -1.57. The van der Waals surface area contributed by atoms with Gasteiger partial charge in [-0.05, 0) is 38.4 Å². The molecule has 3 aliphatic rings. The van der Waals surface area contributed by atoms with Crippen LogP contribution in [0.2, 0.25) is 0 Å². The van der Waals surface area contributed by atoms with Crippen LogP contribution >= 0.6 is 0 Å². The van der Waals surface area contributed by atoms with Crippen LogP contribution in [-0.2, 0) is 16.1 Å². The molecule has 1 saturated carbocycles. The van der Waals surface area contributed by atoms with Gasteiger partial charge in [0.2, 0.25) is 11.8 Å². The fraction of sp³-hybridized carbons (Fsp3) is 0.571. The molecule has 1 aliphatic carbocycles. The van der Waals surface area contributed by atoms with E-state index in [1.807, 2.05) is 19.0 Å². The third-order valence-corrected chi connectivity index (χ3v) is 6.61. The lowest BCUT2D eigenvalue weighted by molar-refractivity contribution is -0.136. The number of carbonyl (C=O) groups is 3. The maximum atomic E-state index is 15.5. The predicted octanol–water partition coefficient (Wildman–Crippen LogP) is 1.55. The molecule has 156 valence electrons. The van der Waals surface area contributed by atoms with Gasteiger partial charge in [-0.25, -0.2) is 4.39 Å². The Hall–Kier alpha value is -2.48. The second kappa shape index (κ2) is 7.74. The molecular weight excluding hydrogens is 375 g/mol. The van der Waals surface area contributed by atoms with Crippen molar-refractivity contribution in [1.82, 2.24) is 15.5 Å². The smallest absolute Gasteiger partial charge is 0.255 e. The molecule has 8 heteroatoms. The Bertz CT molecular complexity index is 859. The molecular formula is C21H27FN4O3. The second-order valence-corrected chi connectivity index (χ2v) is 8.18. The van der Waals surface area contributed by atoms with E-state index in [1.54, 1.807) is 12.1 Å². The van der Waals surface area contributed by atoms with Crippen LogP contribution in [0.1, 0.15) is 54.4 Å². The lowest BCUT2D eigenvalue weighted by atomic mass is 9.89. The molecule has 0 radical (unpaired) electrons. The van der Waals surface area contributed by atoms with Crippen LogP contribution in [0.4, 0.5) is 10.1 Å². The van der Waals surface area contributed by atoms with Crippen molar-refractivity contribution >= 4 is 23.4 Å². The quantitative estimate of drug-likeness (QED) is 0.747. The molecule has 2 fully saturated rings. The summed E-state index contributed by atoms with van der Waals surface area (Å²) in [6.07, 6.45) is 4.77. The van der Waals surface area contributed by atoms with Gasteiger partial charge < -0.3 is 15.1 Å². The van der Waals surface area contributed by atoms with Crippen LogP contribution in [0.25, 0.3) is 0 Å². The number of hydrogen-bond donors (Lipinski definition) is 2. The Balaban J connectivity index is 1.60. The monoisotopic (exact) mass is 402 g/mol. The number of fused-ring (bicyclic) bond motifs is 1. The molecule has 7 nitrogen and oxygen atoms in total. The maximum absolute atomic E-state index is 15.5. The van der Waals surface area contributed by atoms with Gasteiger partial charge in [0.15, 0.2) is 5.82 Å². The summed E-state index contributed by atoms with van der Waals surface area (Å²) in [5.41, 5.74) is 1.12. The van der Waals surface area contributed by atoms with Crippen molar-refractivity contribution in [2.75, 3.05) is 19.0 Å². The minimum Gasteiger partial charge on any atom is -0.368 e. The minimum absolute atomic E-state index is 0.0497. The van der Waals surface area contributed by atoms with Crippen molar-refractivity contribution < 1.29 is 18.8 Å². The summed E-state index contributed by atoms with van der Waals surface area (Å²) in [6.45, 7) is 0.0497. The molecule has 1 saturated heterocycles. The normalized spacial score (nSPS) is 27.1. The average Bonchev–Trinajstić information content (AvgIpc) is 3.05. The van der Waals surface area contributed by atoms with E-state index in [9.17, 15) is 14.4 Å². The first-order valence-electron chi connectivity index (χ1n) is 10.3. The summed E-state index contributed by atoms with van der Waals surface area (Å²) >= 11 is 0. The highest BCUT2D eigenvalue weighted by Gasteiger charge is 2.41. The highest BCUT2D eigenvalue weighted by Crippen LogP contribution is 2.35. The van der Waals surface area contributed by atoms with Gasteiger partial charge in [0.25, 0.3) is 5.91 Å². The molecule has 0 bridgehead atoms. The Morgan fingerprint density at radius 3 is 2.66 bits per heavy atom. The fourth-order valence-electron chi connectivity index (χ4n) is 4.95. The van der Waals surface area contributed by atoms with E-state index in [1.165, 1.54) is 4.90 Å². The number of benzene rings is 1. The molecule has 29 heavy (non-hydrogen) atoms. The predicted molar refractivity (Wildman–Crippen MR) is 106 cm³/mol. The Morgan fingerprint density at radius 2 is 1.93 bits per heavy atom. The zero-order chi connectivity index (χ0) is 20.7. The van der Waals surface area contributed by atoms with Crippen molar-refractivity contribution in [2.45, 2.75) is 63.2 Å². The molecule has 3 amide bonds. The van der Waals surface area contributed by atoms with E-state index in [2.05, 4.69) is 10.6 Å². The molecule has 2 heterocycles. The zero-order valence-electron chi connectivity index (χ0n) is 16.8. The van der Waals surface area contributed by atoms with Gasteiger partial charge in [-0.1, -0.05) is 12.8 Å². The van der Waals surface area contributed by atoms with Crippen LogP contribution < -0.4 is 15.5 Å². The van der Waals surface area contributed by atoms with Crippen LogP contribution in [0.15, 0.2) is 12.1 Å². The Morgan fingerprint density at radius 1 is 1.17 bits per heavy atom. The van der Waals surface area contributed by atoms with E-state index in [0.717, 1.165) is 25.7 Å². The highest BCUT2D eigenvalue weighted by atomic mass is 19.1. The minimum atomic E-state index is -0.736. The standard InChI is InChI=1S/C21H27FN4O3/c1-23-14-5-3-4-6-15(14)25(2)16-8-7-12-13(19(16)22)11-26(21(12)29)17-9-10-18(27)24-20(17)28/h7-8,14-15,17,23H,3-6,9-11H2,1-2H3,(H,24,27,28)/t14-,15-,17?/m1/s1. The average molecular weight is 402 g/mol. The van der Waals surface area contributed by atoms with Gasteiger partial charge in [-0.3, -0.25) is 19.7 Å². The first-order chi connectivity index (χ1) is 13.9. The van der Waals surface area contributed by atoms with Gasteiger partial charge in [0.1, 0.15) is 6.04 Å².